The molecule has 0 aliphatic carbocycles. The number of benzene rings is 1. The second-order valence-corrected chi connectivity index (χ2v) is 4.95. The number of aliphatic hydroxyl groups excluding tert-OH is 1. The van der Waals surface area contributed by atoms with Crippen LogP contribution in [0.15, 0.2) is 24.3 Å². The fourth-order valence-electron chi connectivity index (χ4n) is 2.33. The van der Waals surface area contributed by atoms with Gasteiger partial charge in [-0.15, -0.1) is 0 Å². The predicted molar refractivity (Wildman–Crippen MR) is 63.2 cm³/mol. The van der Waals surface area contributed by atoms with E-state index in [4.69, 9.17) is 0 Å². The Morgan fingerprint density at radius 1 is 1.40 bits per heavy atom. The first kappa shape index (κ1) is 10.5. The summed E-state index contributed by atoms with van der Waals surface area (Å²) in [6, 6.07) is 8.47. The van der Waals surface area contributed by atoms with Crippen LogP contribution in [0.3, 0.4) is 0 Å². The highest BCUT2D eigenvalue weighted by molar-refractivity contribution is 5.52. The Labute approximate surface area is 91.5 Å². The molecule has 2 nitrogen and oxygen atoms in total. The first-order valence-corrected chi connectivity index (χ1v) is 5.54. The molecule has 1 N–H and O–H groups in total. The molecule has 1 unspecified atom stereocenters. The molecule has 1 aliphatic heterocycles. The molecule has 0 aromatic heterocycles. The molecule has 1 saturated heterocycles. The van der Waals surface area contributed by atoms with Crippen LogP contribution in [0.5, 0.6) is 0 Å². The smallest absolute Gasteiger partial charge is 0.0783 e. The monoisotopic (exact) mass is 205 g/mol. The van der Waals surface area contributed by atoms with Gasteiger partial charge in [0.25, 0.3) is 0 Å². The average Bonchev–Trinajstić information content (AvgIpc) is 2.42. The summed E-state index contributed by atoms with van der Waals surface area (Å²) in [5, 5.41) is 9.92. The summed E-state index contributed by atoms with van der Waals surface area (Å²) in [4.78, 5) is 2.30. The van der Waals surface area contributed by atoms with Gasteiger partial charge in [0.05, 0.1) is 11.6 Å². The van der Waals surface area contributed by atoms with E-state index < -0.39 is 0 Å². The zero-order valence-electron chi connectivity index (χ0n) is 9.70. The molecule has 1 heterocycles. The van der Waals surface area contributed by atoms with Crippen molar-refractivity contribution in [2.45, 2.75) is 38.8 Å². The second-order valence-electron chi connectivity index (χ2n) is 4.95. The normalized spacial score (nSPS) is 24.5. The van der Waals surface area contributed by atoms with E-state index in [0.717, 1.165) is 13.0 Å². The van der Waals surface area contributed by atoms with Crippen molar-refractivity contribution >= 4 is 5.69 Å². The van der Waals surface area contributed by atoms with Crippen LogP contribution in [0.1, 0.15) is 25.8 Å². The van der Waals surface area contributed by atoms with E-state index in [-0.39, 0.29) is 11.6 Å². The second kappa shape index (κ2) is 3.53. The highest BCUT2D eigenvalue weighted by atomic mass is 16.3. The molecule has 0 radical (unpaired) electrons. The lowest BCUT2D eigenvalue weighted by atomic mass is 9.98. The molecule has 2 rings (SSSR count). The van der Waals surface area contributed by atoms with Crippen LogP contribution in [0.4, 0.5) is 5.69 Å². The number of aliphatic hydroxyl groups is 1. The van der Waals surface area contributed by atoms with Crippen molar-refractivity contribution in [2.75, 3.05) is 11.4 Å². The van der Waals surface area contributed by atoms with E-state index in [1.54, 1.807) is 0 Å². The largest absolute Gasteiger partial charge is 0.391 e. The van der Waals surface area contributed by atoms with Crippen LogP contribution in [-0.4, -0.2) is 23.3 Å². The molecule has 0 bridgehead atoms. The minimum absolute atomic E-state index is 0.145. The van der Waals surface area contributed by atoms with Crippen LogP contribution in [0.2, 0.25) is 0 Å². The van der Waals surface area contributed by atoms with E-state index in [9.17, 15) is 5.11 Å². The van der Waals surface area contributed by atoms with E-state index >= 15 is 0 Å². The van der Waals surface area contributed by atoms with Crippen LogP contribution in [0, 0.1) is 6.92 Å². The summed E-state index contributed by atoms with van der Waals surface area (Å²) in [5.41, 5.74) is 2.34. The molecule has 1 atom stereocenters. The van der Waals surface area contributed by atoms with E-state index in [2.05, 4.69) is 49.9 Å². The van der Waals surface area contributed by atoms with Gasteiger partial charge < -0.3 is 10.0 Å². The summed E-state index contributed by atoms with van der Waals surface area (Å²) in [5.74, 6) is 0. The molecular formula is C13H19NO. The van der Waals surface area contributed by atoms with Gasteiger partial charge in [-0.05, 0) is 44.9 Å². The van der Waals surface area contributed by atoms with Gasteiger partial charge >= 0.3 is 0 Å². The molecule has 1 aromatic carbocycles. The highest BCUT2D eigenvalue weighted by Crippen LogP contribution is 2.33. The molecule has 0 spiro atoms. The predicted octanol–water partition coefficient (Wildman–Crippen LogP) is 2.34. The number of anilines is 1. The first-order valence-electron chi connectivity index (χ1n) is 5.54. The third-order valence-electron chi connectivity index (χ3n) is 3.45. The third-order valence-corrected chi connectivity index (χ3v) is 3.45. The fourth-order valence-corrected chi connectivity index (χ4v) is 2.33. The van der Waals surface area contributed by atoms with E-state index in [0.29, 0.717) is 0 Å². The maximum Gasteiger partial charge on any atom is 0.0783 e. The Balaban J connectivity index is 2.32. The van der Waals surface area contributed by atoms with Crippen molar-refractivity contribution < 1.29 is 5.11 Å². The summed E-state index contributed by atoms with van der Waals surface area (Å²) in [7, 11) is 0. The van der Waals surface area contributed by atoms with Crippen LogP contribution in [-0.2, 0) is 0 Å². The minimum atomic E-state index is -0.224. The minimum Gasteiger partial charge on any atom is -0.391 e. The molecule has 0 saturated carbocycles. The van der Waals surface area contributed by atoms with Gasteiger partial charge in [0.1, 0.15) is 0 Å². The zero-order valence-corrected chi connectivity index (χ0v) is 9.70. The van der Waals surface area contributed by atoms with Gasteiger partial charge in [0, 0.05) is 12.2 Å². The van der Waals surface area contributed by atoms with Crippen molar-refractivity contribution in [1.29, 1.82) is 0 Å². The van der Waals surface area contributed by atoms with Crippen LogP contribution < -0.4 is 4.90 Å². The molecule has 1 aromatic rings. The van der Waals surface area contributed by atoms with Crippen molar-refractivity contribution in [3.63, 3.8) is 0 Å². The fraction of sp³-hybridized carbons (Fsp3) is 0.538. The Hall–Kier alpha value is -1.02. The van der Waals surface area contributed by atoms with Crippen LogP contribution in [0.25, 0.3) is 0 Å². The number of hydrogen-bond donors (Lipinski definition) is 1. The highest BCUT2D eigenvalue weighted by Gasteiger charge is 2.40. The van der Waals surface area contributed by atoms with Gasteiger partial charge in [0.15, 0.2) is 0 Å². The Kier molecular flexibility index (Phi) is 2.47. The van der Waals surface area contributed by atoms with Gasteiger partial charge in [-0.3, -0.25) is 0 Å². The summed E-state index contributed by atoms with van der Waals surface area (Å²) >= 11 is 0. The quantitative estimate of drug-likeness (QED) is 0.760. The maximum atomic E-state index is 9.92. The Bertz CT molecular complexity index is 359. The number of hydrogen-bond acceptors (Lipinski definition) is 2. The molecule has 1 fully saturated rings. The lowest BCUT2D eigenvalue weighted by molar-refractivity contribution is 0.127. The van der Waals surface area contributed by atoms with Gasteiger partial charge in [-0.1, -0.05) is 12.1 Å². The molecule has 82 valence electrons. The number of nitrogens with zero attached hydrogens (tertiary/aromatic N) is 1. The van der Waals surface area contributed by atoms with E-state index in [1.165, 1.54) is 11.3 Å². The van der Waals surface area contributed by atoms with Gasteiger partial charge in [-0.2, -0.15) is 0 Å². The number of aryl methyl sites for hydroxylation is 1. The number of rotatable bonds is 1. The zero-order chi connectivity index (χ0) is 11.1. The van der Waals surface area contributed by atoms with Gasteiger partial charge in [-0.25, -0.2) is 0 Å². The average molecular weight is 205 g/mol. The lowest BCUT2D eigenvalue weighted by Gasteiger charge is -2.35. The molecule has 0 amide bonds. The first-order chi connectivity index (χ1) is 7.01. The Morgan fingerprint density at radius 2 is 2.13 bits per heavy atom. The summed E-state index contributed by atoms with van der Waals surface area (Å²) in [6.07, 6.45) is 0.638. The standard InChI is InChI=1S/C13H19NO/c1-10-5-4-6-11(9-10)14-8-7-12(15)13(14,2)3/h4-6,9,12,15H,7-8H2,1-3H3. The topological polar surface area (TPSA) is 23.5 Å². The van der Waals surface area contributed by atoms with Crippen molar-refractivity contribution in [2.24, 2.45) is 0 Å². The van der Waals surface area contributed by atoms with Crippen molar-refractivity contribution in [3.05, 3.63) is 29.8 Å². The molecule has 1 aliphatic rings. The SMILES string of the molecule is Cc1cccc(N2CCC(O)C2(C)C)c1. The molecular weight excluding hydrogens is 186 g/mol. The van der Waals surface area contributed by atoms with Crippen molar-refractivity contribution in [3.8, 4) is 0 Å². The summed E-state index contributed by atoms with van der Waals surface area (Å²) < 4.78 is 0. The maximum absolute atomic E-state index is 9.92. The van der Waals surface area contributed by atoms with Crippen molar-refractivity contribution in [1.82, 2.24) is 0 Å². The van der Waals surface area contributed by atoms with Crippen LogP contribution >= 0.6 is 0 Å². The molecule has 15 heavy (non-hydrogen) atoms. The molecule has 2 heteroatoms. The Morgan fingerprint density at radius 3 is 2.67 bits per heavy atom. The lowest BCUT2D eigenvalue weighted by Crippen LogP contribution is -2.45. The van der Waals surface area contributed by atoms with E-state index in [1.807, 2.05) is 0 Å². The third kappa shape index (κ3) is 1.74. The summed E-state index contributed by atoms with van der Waals surface area (Å²) in [6.45, 7) is 7.25. The van der Waals surface area contributed by atoms with Gasteiger partial charge in [0.2, 0.25) is 0 Å².